The van der Waals surface area contributed by atoms with Gasteiger partial charge in [0, 0.05) is 52.3 Å². The minimum absolute atomic E-state index is 0.0795. The number of rotatable bonds is 8. The normalized spacial score (nSPS) is 22.1. The standard InChI is InChI=1S/C23H35N5O2/c1-25-22(27-12-5-6-13-27)20(17-24-25)23(29)28(15-8-16-30-2)18-19-9-7-14-26-11-4-3-10-21(19)26/h5-6,12-13,17,19,21H,3-4,7-11,14-16,18H2,1-2H3/t19-,21-/m1/s1. The van der Waals surface area contributed by atoms with Gasteiger partial charge in [-0.05, 0) is 63.2 Å². The number of carbonyl (C=O) groups excluding carboxylic acids is 1. The molecule has 2 aromatic rings. The SMILES string of the molecule is COCCCN(C[C@H]1CCCN2CCCC[C@H]12)C(=O)c1cnn(C)c1-n1cccc1. The van der Waals surface area contributed by atoms with Gasteiger partial charge in [0.25, 0.3) is 5.91 Å². The first-order chi connectivity index (χ1) is 14.7. The summed E-state index contributed by atoms with van der Waals surface area (Å²) in [5, 5.41) is 4.40. The number of nitrogens with zero attached hydrogens (tertiary/aromatic N) is 5. The molecule has 0 spiro atoms. The number of hydrogen-bond donors (Lipinski definition) is 0. The van der Waals surface area contributed by atoms with E-state index >= 15 is 0 Å². The number of ether oxygens (including phenoxy) is 1. The van der Waals surface area contributed by atoms with Crippen LogP contribution >= 0.6 is 0 Å². The number of amides is 1. The van der Waals surface area contributed by atoms with E-state index in [1.807, 2.05) is 36.1 Å². The van der Waals surface area contributed by atoms with Crippen LogP contribution in [0.4, 0.5) is 0 Å². The Morgan fingerprint density at radius 1 is 1.20 bits per heavy atom. The van der Waals surface area contributed by atoms with Crippen LogP contribution in [-0.2, 0) is 11.8 Å². The predicted octanol–water partition coefficient (Wildman–Crippen LogP) is 2.95. The maximum absolute atomic E-state index is 13.7. The van der Waals surface area contributed by atoms with Crippen LogP contribution in [0.2, 0.25) is 0 Å². The highest BCUT2D eigenvalue weighted by molar-refractivity contribution is 5.97. The maximum Gasteiger partial charge on any atom is 0.259 e. The molecule has 0 bridgehead atoms. The van der Waals surface area contributed by atoms with Gasteiger partial charge in [-0.25, -0.2) is 0 Å². The smallest absolute Gasteiger partial charge is 0.259 e. The summed E-state index contributed by atoms with van der Waals surface area (Å²) in [6.07, 6.45) is 12.8. The molecule has 0 N–H and O–H groups in total. The van der Waals surface area contributed by atoms with Crippen molar-refractivity contribution in [2.75, 3.05) is 39.9 Å². The molecule has 2 aromatic heterocycles. The van der Waals surface area contributed by atoms with Gasteiger partial charge in [-0.1, -0.05) is 6.42 Å². The molecule has 7 nitrogen and oxygen atoms in total. The summed E-state index contributed by atoms with van der Waals surface area (Å²) in [5.41, 5.74) is 0.669. The molecular weight excluding hydrogens is 378 g/mol. The van der Waals surface area contributed by atoms with E-state index in [-0.39, 0.29) is 5.91 Å². The predicted molar refractivity (Wildman–Crippen MR) is 117 cm³/mol. The van der Waals surface area contributed by atoms with Crippen LogP contribution in [0.15, 0.2) is 30.7 Å². The van der Waals surface area contributed by atoms with E-state index in [9.17, 15) is 4.79 Å². The molecule has 0 radical (unpaired) electrons. The first kappa shape index (κ1) is 21.1. The Morgan fingerprint density at radius 3 is 2.80 bits per heavy atom. The largest absolute Gasteiger partial charge is 0.385 e. The van der Waals surface area contributed by atoms with E-state index in [1.165, 1.54) is 45.2 Å². The first-order valence-corrected chi connectivity index (χ1v) is 11.4. The Labute approximate surface area is 179 Å². The van der Waals surface area contributed by atoms with Crippen molar-refractivity contribution in [3.8, 4) is 5.82 Å². The van der Waals surface area contributed by atoms with Crippen LogP contribution in [0.3, 0.4) is 0 Å². The third-order valence-corrected chi connectivity index (χ3v) is 6.73. The van der Waals surface area contributed by atoms with Crippen LogP contribution < -0.4 is 0 Å². The lowest BCUT2D eigenvalue weighted by Crippen LogP contribution is -2.51. The van der Waals surface area contributed by atoms with Crippen molar-refractivity contribution in [2.45, 2.75) is 44.6 Å². The number of fused-ring (bicyclic) bond motifs is 1. The van der Waals surface area contributed by atoms with Gasteiger partial charge in [0.05, 0.1) is 6.20 Å². The van der Waals surface area contributed by atoms with E-state index in [0.29, 0.717) is 24.1 Å². The molecule has 0 aliphatic carbocycles. The zero-order chi connectivity index (χ0) is 20.9. The monoisotopic (exact) mass is 413 g/mol. The zero-order valence-corrected chi connectivity index (χ0v) is 18.4. The van der Waals surface area contributed by atoms with Gasteiger partial charge in [0.2, 0.25) is 0 Å². The highest BCUT2D eigenvalue weighted by Gasteiger charge is 2.35. The molecule has 2 saturated heterocycles. The Morgan fingerprint density at radius 2 is 2.00 bits per heavy atom. The van der Waals surface area contributed by atoms with Crippen molar-refractivity contribution in [3.05, 3.63) is 36.3 Å². The van der Waals surface area contributed by atoms with E-state index in [4.69, 9.17) is 4.74 Å². The van der Waals surface area contributed by atoms with Crippen molar-refractivity contribution >= 4 is 5.91 Å². The molecule has 0 aromatic carbocycles. The summed E-state index contributed by atoms with van der Waals surface area (Å²) in [5.74, 6) is 1.46. The number of hydrogen-bond acceptors (Lipinski definition) is 4. The summed E-state index contributed by atoms with van der Waals surface area (Å²) in [4.78, 5) is 18.4. The number of piperidine rings is 2. The third-order valence-electron chi connectivity index (χ3n) is 6.73. The lowest BCUT2D eigenvalue weighted by Gasteiger charge is -2.45. The second-order valence-electron chi connectivity index (χ2n) is 8.69. The minimum Gasteiger partial charge on any atom is -0.385 e. The van der Waals surface area contributed by atoms with Gasteiger partial charge in [-0.15, -0.1) is 0 Å². The summed E-state index contributed by atoms with van der Waals surface area (Å²) >= 11 is 0. The molecule has 4 rings (SSSR count). The Bertz CT molecular complexity index is 814. The second-order valence-corrected chi connectivity index (χ2v) is 8.69. The number of aromatic nitrogens is 3. The van der Waals surface area contributed by atoms with Crippen molar-refractivity contribution in [1.29, 1.82) is 0 Å². The highest BCUT2D eigenvalue weighted by Crippen LogP contribution is 2.32. The Hall–Kier alpha value is -2.12. The molecule has 0 saturated carbocycles. The van der Waals surface area contributed by atoms with Crippen molar-refractivity contribution in [3.63, 3.8) is 0 Å². The molecule has 7 heteroatoms. The Balaban J connectivity index is 1.56. The number of methoxy groups -OCH3 is 1. The van der Waals surface area contributed by atoms with E-state index in [2.05, 4.69) is 14.9 Å². The molecular formula is C23H35N5O2. The lowest BCUT2D eigenvalue weighted by molar-refractivity contribution is 0.0347. The van der Waals surface area contributed by atoms with Crippen LogP contribution in [0, 0.1) is 5.92 Å². The van der Waals surface area contributed by atoms with E-state index in [0.717, 1.165) is 25.3 Å². The fourth-order valence-corrected chi connectivity index (χ4v) is 5.28. The molecule has 2 aliphatic heterocycles. The van der Waals surface area contributed by atoms with Crippen molar-refractivity contribution in [1.82, 2.24) is 24.1 Å². The minimum atomic E-state index is 0.0795. The molecule has 2 fully saturated rings. The van der Waals surface area contributed by atoms with Gasteiger partial charge in [0.1, 0.15) is 11.4 Å². The quantitative estimate of drug-likeness (QED) is 0.625. The van der Waals surface area contributed by atoms with Crippen LogP contribution in [0.5, 0.6) is 0 Å². The Kier molecular flexibility index (Phi) is 6.89. The molecule has 4 heterocycles. The summed E-state index contributed by atoms with van der Waals surface area (Å²) < 4.78 is 9.02. The van der Waals surface area contributed by atoms with Crippen molar-refractivity contribution < 1.29 is 9.53 Å². The molecule has 2 atom stereocenters. The average molecular weight is 414 g/mol. The third kappa shape index (κ3) is 4.47. The summed E-state index contributed by atoms with van der Waals surface area (Å²) in [6.45, 7) is 4.65. The molecule has 164 valence electrons. The zero-order valence-electron chi connectivity index (χ0n) is 18.4. The molecule has 30 heavy (non-hydrogen) atoms. The van der Waals surface area contributed by atoms with Gasteiger partial charge in [0.15, 0.2) is 0 Å². The molecule has 0 unspecified atom stereocenters. The summed E-state index contributed by atoms with van der Waals surface area (Å²) in [6, 6.07) is 4.57. The summed E-state index contributed by atoms with van der Waals surface area (Å²) in [7, 11) is 3.61. The van der Waals surface area contributed by atoms with Crippen LogP contribution in [0.1, 0.15) is 48.9 Å². The van der Waals surface area contributed by atoms with E-state index < -0.39 is 0 Å². The van der Waals surface area contributed by atoms with Gasteiger partial charge >= 0.3 is 0 Å². The molecule has 1 amide bonds. The first-order valence-electron chi connectivity index (χ1n) is 11.4. The van der Waals surface area contributed by atoms with Gasteiger partial charge in [-0.2, -0.15) is 5.10 Å². The van der Waals surface area contributed by atoms with E-state index in [1.54, 1.807) is 18.0 Å². The second kappa shape index (κ2) is 9.79. The fourth-order valence-electron chi connectivity index (χ4n) is 5.28. The lowest BCUT2D eigenvalue weighted by atomic mass is 9.83. The number of carbonyl (C=O) groups is 1. The van der Waals surface area contributed by atoms with Gasteiger partial charge < -0.3 is 19.1 Å². The average Bonchev–Trinajstić information content (AvgIpc) is 3.42. The topological polar surface area (TPSA) is 55.5 Å². The number of aryl methyl sites for hydroxylation is 1. The fraction of sp³-hybridized carbons (Fsp3) is 0.652. The van der Waals surface area contributed by atoms with Crippen LogP contribution in [0.25, 0.3) is 5.82 Å². The van der Waals surface area contributed by atoms with Crippen LogP contribution in [-0.4, -0.2) is 76.0 Å². The van der Waals surface area contributed by atoms with Crippen molar-refractivity contribution in [2.24, 2.45) is 13.0 Å². The van der Waals surface area contributed by atoms with Gasteiger partial charge in [-0.3, -0.25) is 9.48 Å². The highest BCUT2D eigenvalue weighted by atomic mass is 16.5. The molecule has 2 aliphatic rings. The maximum atomic E-state index is 13.7.